The Hall–Kier alpha value is -0.760. The van der Waals surface area contributed by atoms with Crippen LogP contribution in [0.3, 0.4) is 0 Å². The van der Waals surface area contributed by atoms with Crippen LogP contribution in [0.15, 0.2) is 16.7 Å². The molecule has 0 saturated heterocycles. The summed E-state index contributed by atoms with van der Waals surface area (Å²) in [5, 5.41) is 3.59. The Morgan fingerprint density at radius 3 is 2.56 bits per heavy atom. The number of nitrogens with one attached hydrogen (secondary N) is 1. The topological polar surface area (TPSA) is 25.2 Å². The molecule has 16 heavy (non-hydrogen) atoms. The van der Waals surface area contributed by atoms with Crippen molar-refractivity contribution in [2.24, 2.45) is 5.92 Å². The molecule has 1 rings (SSSR count). The molecule has 0 aliphatic rings. The van der Waals surface area contributed by atoms with E-state index in [0.717, 1.165) is 18.2 Å². The molecule has 1 unspecified atom stereocenters. The summed E-state index contributed by atoms with van der Waals surface area (Å²) in [5.41, 5.74) is 1.30. The monoisotopic (exact) mass is 223 g/mol. The van der Waals surface area contributed by atoms with E-state index in [0.29, 0.717) is 6.04 Å². The first-order valence-corrected chi connectivity index (χ1v) is 6.42. The second-order valence-corrected chi connectivity index (χ2v) is 4.97. The summed E-state index contributed by atoms with van der Waals surface area (Å²) in [6.45, 7) is 9.83. The number of hydrogen-bond acceptors (Lipinski definition) is 2. The second kappa shape index (κ2) is 6.74. The smallest absolute Gasteiger partial charge is 0.101 e. The minimum Gasteiger partial charge on any atom is -0.469 e. The van der Waals surface area contributed by atoms with Gasteiger partial charge >= 0.3 is 0 Å². The molecule has 0 aromatic carbocycles. The van der Waals surface area contributed by atoms with Gasteiger partial charge in [0.25, 0.3) is 0 Å². The summed E-state index contributed by atoms with van der Waals surface area (Å²) in [5.74, 6) is 1.77. The molecule has 0 radical (unpaired) electrons. The first-order chi connectivity index (χ1) is 7.63. The van der Waals surface area contributed by atoms with E-state index in [1.54, 1.807) is 0 Å². The van der Waals surface area contributed by atoms with Crippen molar-refractivity contribution in [2.75, 3.05) is 6.54 Å². The molecular formula is C14H25NO. The Bertz CT molecular complexity index is 291. The van der Waals surface area contributed by atoms with E-state index in [-0.39, 0.29) is 0 Å². The third-order valence-electron chi connectivity index (χ3n) is 2.83. The van der Waals surface area contributed by atoms with Crippen LogP contribution < -0.4 is 5.32 Å². The standard InChI is InChI=1S/C14H25NO/c1-5-8-15-14(7-6-11(2)3)13-9-12(4)16-10-13/h9-11,14-15H,5-8H2,1-4H3. The fourth-order valence-electron chi connectivity index (χ4n) is 1.85. The van der Waals surface area contributed by atoms with E-state index in [1.807, 2.05) is 13.2 Å². The molecular weight excluding hydrogens is 198 g/mol. The van der Waals surface area contributed by atoms with Crippen LogP contribution in [0.1, 0.15) is 57.4 Å². The lowest BCUT2D eigenvalue weighted by Gasteiger charge is -2.18. The quantitative estimate of drug-likeness (QED) is 0.754. The minimum atomic E-state index is 0.458. The minimum absolute atomic E-state index is 0.458. The maximum atomic E-state index is 5.39. The van der Waals surface area contributed by atoms with Crippen LogP contribution >= 0.6 is 0 Å². The Kier molecular flexibility index (Phi) is 5.61. The van der Waals surface area contributed by atoms with E-state index in [1.165, 1.54) is 24.8 Å². The van der Waals surface area contributed by atoms with Gasteiger partial charge in [-0.2, -0.15) is 0 Å². The Morgan fingerprint density at radius 2 is 2.06 bits per heavy atom. The average molecular weight is 223 g/mol. The van der Waals surface area contributed by atoms with Crippen molar-refractivity contribution >= 4 is 0 Å². The summed E-state index contributed by atoms with van der Waals surface area (Å²) in [6, 6.07) is 2.60. The average Bonchev–Trinajstić information content (AvgIpc) is 2.64. The SMILES string of the molecule is CCCNC(CCC(C)C)c1coc(C)c1. The lowest BCUT2D eigenvalue weighted by molar-refractivity contribution is 0.436. The van der Waals surface area contributed by atoms with Crippen LogP contribution in [0, 0.1) is 12.8 Å². The number of furan rings is 1. The zero-order chi connectivity index (χ0) is 12.0. The molecule has 2 heteroatoms. The van der Waals surface area contributed by atoms with Crippen LogP contribution in [0.25, 0.3) is 0 Å². The highest BCUT2D eigenvalue weighted by atomic mass is 16.3. The number of aryl methyl sites for hydroxylation is 1. The van der Waals surface area contributed by atoms with Crippen molar-refractivity contribution in [3.8, 4) is 0 Å². The van der Waals surface area contributed by atoms with E-state index >= 15 is 0 Å². The predicted molar refractivity (Wildman–Crippen MR) is 68.6 cm³/mol. The fraction of sp³-hybridized carbons (Fsp3) is 0.714. The highest BCUT2D eigenvalue weighted by Crippen LogP contribution is 2.22. The lowest BCUT2D eigenvalue weighted by Crippen LogP contribution is -2.22. The molecule has 0 spiro atoms. The Morgan fingerprint density at radius 1 is 1.31 bits per heavy atom. The first kappa shape index (κ1) is 13.3. The first-order valence-electron chi connectivity index (χ1n) is 6.42. The molecule has 0 aliphatic carbocycles. The fourth-order valence-corrected chi connectivity index (χ4v) is 1.85. The Balaban J connectivity index is 2.55. The van der Waals surface area contributed by atoms with Gasteiger partial charge in [0.05, 0.1) is 6.26 Å². The molecule has 0 bridgehead atoms. The molecule has 1 aromatic heterocycles. The Labute approximate surface area is 99.4 Å². The molecule has 1 atom stereocenters. The van der Waals surface area contributed by atoms with Gasteiger partial charge in [-0.15, -0.1) is 0 Å². The van der Waals surface area contributed by atoms with Crippen molar-refractivity contribution in [1.29, 1.82) is 0 Å². The molecule has 1 N–H and O–H groups in total. The largest absolute Gasteiger partial charge is 0.469 e. The van der Waals surface area contributed by atoms with Crippen LogP contribution in [0.4, 0.5) is 0 Å². The number of hydrogen-bond donors (Lipinski definition) is 1. The molecule has 0 fully saturated rings. The molecule has 2 nitrogen and oxygen atoms in total. The normalized spacial score (nSPS) is 13.3. The predicted octanol–water partition coefficient (Wildman–Crippen LogP) is 4.06. The van der Waals surface area contributed by atoms with Gasteiger partial charge in [-0.25, -0.2) is 0 Å². The van der Waals surface area contributed by atoms with E-state index in [2.05, 4.69) is 32.2 Å². The maximum absolute atomic E-state index is 5.39. The van der Waals surface area contributed by atoms with Crippen molar-refractivity contribution in [2.45, 2.75) is 53.0 Å². The van der Waals surface area contributed by atoms with Gasteiger partial charge < -0.3 is 9.73 Å². The van der Waals surface area contributed by atoms with Gasteiger partial charge in [0.15, 0.2) is 0 Å². The highest BCUT2D eigenvalue weighted by Gasteiger charge is 2.13. The lowest BCUT2D eigenvalue weighted by atomic mass is 9.99. The van der Waals surface area contributed by atoms with Crippen molar-refractivity contribution in [3.63, 3.8) is 0 Å². The second-order valence-electron chi connectivity index (χ2n) is 4.97. The summed E-state index contributed by atoms with van der Waals surface area (Å²) >= 11 is 0. The third kappa shape index (κ3) is 4.40. The summed E-state index contributed by atoms with van der Waals surface area (Å²) < 4.78 is 5.39. The number of rotatable bonds is 7. The molecule has 0 amide bonds. The van der Waals surface area contributed by atoms with Crippen molar-refractivity contribution in [1.82, 2.24) is 5.32 Å². The summed E-state index contributed by atoms with van der Waals surface area (Å²) in [7, 11) is 0. The van der Waals surface area contributed by atoms with Crippen molar-refractivity contribution < 1.29 is 4.42 Å². The zero-order valence-corrected chi connectivity index (χ0v) is 11.0. The van der Waals surface area contributed by atoms with Gasteiger partial charge in [-0.3, -0.25) is 0 Å². The van der Waals surface area contributed by atoms with Gasteiger partial charge in [-0.1, -0.05) is 20.8 Å². The van der Waals surface area contributed by atoms with Crippen LogP contribution in [0.2, 0.25) is 0 Å². The van der Waals surface area contributed by atoms with Gasteiger partial charge in [0, 0.05) is 11.6 Å². The van der Waals surface area contributed by atoms with Crippen molar-refractivity contribution in [3.05, 3.63) is 23.7 Å². The van der Waals surface area contributed by atoms with E-state index in [4.69, 9.17) is 4.42 Å². The molecule has 0 saturated carbocycles. The summed E-state index contributed by atoms with van der Waals surface area (Å²) in [6.07, 6.45) is 5.51. The molecule has 0 aliphatic heterocycles. The summed E-state index contributed by atoms with van der Waals surface area (Å²) in [4.78, 5) is 0. The van der Waals surface area contributed by atoms with Crippen LogP contribution in [-0.4, -0.2) is 6.54 Å². The van der Waals surface area contributed by atoms with Crippen LogP contribution in [-0.2, 0) is 0 Å². The van der Waals surface area contributed by atoms with Gasteiger partial charge in [0.2, 0.25) is 0 Å². The third-order valence-corrected chi connectivity index (χ3v) is 2.83. The van der Waals surface area contributed by atoms with E-state index in [9.17, 15) is 0 Å². The van der Waals surface area contributed by atoms with Gasteiger partial charge in [-0.05, 0) is 44.7 Å². The van der Waals surface area contributed by atoms with E-state index < -0.39 is 0 Å². The zero-order valence-electron chi connectivity index (χ0n) is 11.0. The molecule has 1 aromatic rings. The van der Waals surface area contributed by atoms with Gasteiger partial charge in [0.1, 0.15) is 5.76 Å². The maximum Gasteiger partial charge on any atom is 0.101 e. The van der Waals surface area contributed by atoms with Crippen LogP contribution in [0.5, 0.6) is 0 Å². The molecule has 92 valence electrons. The highest BCUT2D eigenvalue weighted by molar-refractivity contribution is 5.16. The molecule has 1 heterocycles.